The van der Waals surface area contributed by atoms with Gasteiger partial charge in [0, 0.05) is 0 Å². The molecule has 1 atom stereocenters. The summed E-state index contributed by atoms with van der Waals surface area (Å²) < 4.78 is 4.43. The zero-order chi connectivity index (χ0) is 7.28. The third-order valence-corrected chi connectivity index (χ3v) is 1.58. The minimum Gasteiger partial charge on any atom is -0.468 e. The molecule has 0 rings (SSSR count). The lowest BCUT2D eigenvalue weighted by atomic mass is 10.3. The van der Waals surface area contributed by atoms with Crippen LogP contribution in [0, 0.1) is 0 Å². The summed E-state index contributed by atoms with van der Waals surface area (Å²) in [7, 11) is 1.36. The van der Waals surface area contributed by atoms with E-state index in [4.69, 9.17) is 0 Å². The zero-order valence-corrected chi connectivity index (χ0v) is 6.85. The Labute approximate surface area is 63.0 Å². The lowest BCUT2D eigenvalue weighted by molar-refractivity contribution is -0.139. The van der Waals surface area contributed by atoms with Crippen LogP contribution in [0.4, 0.5) is 0 Å². The molecule has 0 spiro atoms. The van der Waals surface area contributed by atoms with E-state index in [2.05, 4.69) is 27.2 Å². The molecule has 0 aromatic heterocycles. The van der Waals surface area contributed by atoms with E-state index in [0.29, 0.717) is 6.42 Å². The van der Waals surface area contributed by atoms with E-state index in [1.807, 2.05) is 0 Å². The van der Waals surface area contributed by atoms with Gasteiger partial charge in [-0.3, -0.25) is 4.79 Å². The van der Waals surface area contributed by atoms with Gasteiger partial charge in [-0.2, -0.15) is 0 Å². The fraction of sp³-hybridized carbons (Fsp3) is 0.500. The number of alkyl halides is 1. The minimum atomic E-state index is -0.255. The largest absolute Gasteiger partial charge is 0.468 e. The van der Waals surface area contributed by atoms with Crippen molar-refractivity contribution in [2.75, 3.05) is 7.11 Å². The van der Waals surface area contributed by atoms with Crippen molar-refractivity contribution >= 4 is 21.9 Å². The van der Waals surface area contributed by atoms with E-state index in [1.165, 1.54) is 7.11 Å². The van der Waals surface area contributed by atoms with Crippen molar-refractivity contribution in [3.8, 4) is 0 Å². The summed E-state index contributed by atoms with van der Waals surface area (Å²) in [4.78, 5) is 10.3. The second-order valence-electron chi connectivity index (χ2n) is 1.52. The summed E-state index contributed by atoms with van der Waals surface area (Å²) in [5.41, 5.74) is 0. The van der Waals surface area contributed by atoms with Gasteiger partial charge in [-0.15, -0.1) is 6.58 Å². The molecule has 3 heteroatoms. The predicted molar refractivity (Wildman–Crippen MR) is 39.5 cm³/mol. The van der Waals surface area contributed by atoms with Crippen LogP contribution in [0.2, 0.25) is 0 Å². The number of halogens is 1. The molecule has 0 aliphatic carbocycles. The van der Waals surface area contributed by atoms with Crippen LogP contribution in [-0.2, 0) is 9.53 Å². The lowest BCUT2D eigenvalue weighted by Crippen LogP contribution is -2.14. The average Bonchev–Trinajstić information content (AvgIpc) is 1.87. The first kappa shape index (κ1) is 8.69. The van der Waals surface area contributed by atoms with Gasteiger partial charge >= 0.3 is 5.97 Å². The Morgan fingerprint density at radius 1 is 2.00 bits per heavy atom. The normalized spacial score (nSPS) is 12.2. The maximum atomic E-state index is 10.6. The van der Waals surface area contributed by atoms with Crippen LogP contribution in [0.3, 0.4) is 0 Å². The molecule has 0 saturated carbocycles. The van der Waals surface area contributed by atoms with Gasteiger partial charge in [0.2, 0.25) is 0 Å². The van der Waals surface area contributed by atoms with Gasteiger partial charge in [-0.05, 0) is 6.42 Å². The number of carbonyl (C=O) groups excluding carboxylic acids is 1. The Morgan fingerprint density at radius 2 is 2.56 bits per heavy atom. The molecule has 0 amide bonds. The summed E-state index contributed by atoms with van der Waals surface area (Å²) in [6.45, 7) is 3.48. The van der Waals surface area contributed by atoms with Gasteiger partial charge in [0.1, 0.15) is 4.83 Å². The molecule has 0 saturated heterocycles. The Morgan fingerprint density at radius 3 is 2.89 bits per heavy atom. The van der Waals surface area contributed by atoms with Crippen LogP contribution in [0.15, 0.2) is 12.7 Å². The number of methoxy groups -OCH3 is 1. The molecular formula is C6H9BrO2. The third kappa shape index (κ3) is 3.30. The quantitative estimate of drug-likeness (QED) is 0.385. The molecule has 0 aromatic carbocycles. The van der Waals surface area contributed by atoms with E-state index < -0.39 is 0 Å². The summed E-state index contributed by atoms with van der Waals surface area (Å²) in [5, 5.41) is 0. The number of allylic oxidation sites excluding steroid dienone is 1. The maximum absolute atomic E-state index is 10.6. The van der Waals surface area contributed by atoms with E-state index in [1.54, 1.807) is 6.08 Å². The summed E-state index contributed by atoms with van der Waals surface area (Å²) >= 11 is 3.12. The Hall–Kier alpha value is -0.310. The first-order chi connectivity index (χ1) is 4.22. The van der Waals surface area contributed by atoms with E-state index in [0.717, 1.165) is 0 Å². The number of ether oxygens (including phenoxy) is 1. The van der Waals surface area contributed by atoms with Crippen molar-refractivity contribution < 1.29 is 9.53 Å². The predicted octanol–water partition coefficient (Wildman–Crippen LogP) is 1.50. The van der Waals surface area contributed by atoms with Crippen molar-refractivity contribution in [3.05, 3.63) is 12.7 Å². The number of rotatable bonds is 3. The van der Waals surface area contributed by atoms with Gasteiger partial charge in [0.05, 0.1) is 7.11 Å². The van der Waals surface area contributed by atoms with Crippen LogP contribution in [0.25, 0.3) is 0 Å². The zero-order valence-electron chi connectivity index (χ0n) is 5.26. The molecule has 0 heterocycles. The standard InChI is InChI=1S/C6H9BrO2/c1-3-4-5(7)6(8)9-2/h3,5H,1,4H2,2H3. The first-order valence-corrected chi connectivity index (χ1v) is 3.46. The topological polar surface area (TPSA) is 26.3 Å². The molecule has 0 aromatic rings. The fourth-order valence-electron chi connectivity index (χ4n) is 0.370. The highest BCUT2D eigenvalue weighted by Crippen LogP contribution is 2.06. The number of carbonyl (C=O) groups is 1. The Kier molecular flexibility index (Phi) is 4.40. The van der Waals surface area contributed by atoms with Crippen LogP contribution in [0.1, 0.15) is 6.42 Å². The van der Waals surface area contributed by atoms with E-state index in [-0.39, 0.29) is 10.8 Å². The number of hydrogen-bond donors (Lipinski definition) is 0. The Balaban J connectivity index is 3.58. The smallest absolute Gasteiger partial charge is 0.319 e. The maximum Gasteiger partial charge on any atom is 0.319 e. The highest BCUT2D eigenvalue weighted by Gasteiger charge is 2.11. The molecule has 0 N–H and O–H groups in total. The first-order valence-electron chi connectivity index (χ1n) is 2.55. The highest BCUT2D eigenvalue weighted by molar-refractivity contribution is 9.10. The molecule has 1 unspecified atom stereocenters. The van der Waals surface area contributed by atoms with Crippen LogP contribution < -0.4 is 0 Å². The minimum absolute atomic E-state index is 0.236. The van der Waals surface area contributed by atoms with Gasteiger partial charge in [-0.1, -0.05) is 22.0 Å². The van der Waals surface area contributed by atoms with E-state index >= 15 is 0 Å². The van der Waals surface area contributed by atoms with Crippen LogP contribution in [-0.4, -0.2) is 17.9 Å². The molecule has 0 radical (unpaired) electrons. The van der Waals surface area contributed by atoms with Crippen molar-refractivity contribution in [1.82, 2.24) is 0 Å². The van der Waals surface area contributed by atoms with Crippen LogP contribution in [0.5, 0.6) is 0 Å². The second-order valence-corrected chi connectivity index (χ2v) is 2.62. The molecular weight excluding hydrogens is 184 g/mol. The van der Waals surface area contributed by atoms with E-state index in [9.17, 15) is 4.79 Å². The second kappa shape index (κ2) is 4.56. The molecule has 9 heavy (non-hydrogen) atoms. The summed E-state index contributed by atoms with van der Waals surface area (Å²) in [6.07, 6.45) is 2.27. The van der Waals surface area contributed by atoms with Crippen LogP contribution >= 0.6 is 15.9 Å². The Bertz CT molecular complexity index is 112. The fourth-order valence-corrected chi connectivity index (χ4v) is 0.822. The van der Waals surface area contributed by atoms with Crippen molar-refractivity contribution in [1.29, 1.82) is 0 Å². The highest BCUT2D eigenvalue weighted by atomic mass is 79.9. The van der Waals surface area contributed by atoms with Crippen molar-refractivity contribution in [2.24, 2.45) is 0 Å². The van der Waals surface area contributed by atoms with Crippen molar-refractivity contribution in [2.45, 2.75) is 11.2 Å². The molecule has 0 fully saturated rings. The van der Waals surface area contributed by atoms with Gasteiger partial charge in [0.15, 0.2) is 0 Å². The SMILES string of the molecule is C=CCC(Br)C(=O)OC. The number of esters is 1. The van der Waals surface area contributed by atoms with Gasteiger partial charge in [0.25, 0.3) is 0 Å². The molecule has 52 valence electrons. The molecule has 0 aliphatic rings. The van der Waals surface area contributed by atoms with Crippen molar-refractivity contribution in [3.63, 3.8) is 0 Å². The monoisotopic (exact) mass is 192 g/mol. The van der Waals surface area contributed by atoms with Gasteiger partial charge in [-0.25, -0.2) is 0 Å². The summed E-state index contributed by atoms with van der Waals surface area (Å²) in [5.74, 6) is -0.255. The lowest BCUT2D eigenvalue weighted by Gasteiger charge is -2.01. The third-order valence-electron chi connectivity index (χ3n) is 0.831. The number of hydrogen-bond acceptors (Lipinski definition) is 2. The molecule has 2 nitrogen and oxygen atoms in total. The summed E-state index contributed by atoms with van der Waals surface area (Å²) in [6, 6.07) is 0. The molecule has 0 aliphatic heterocycles. The molecule has 0 bridgehead atoms. The average molecular weight is 193 g/mol. The van der Waals surface area contributed by atoms with Gasteiger partial charge < -0.3 is 4.74 Å².